The first kappa shape index (κ1) is 10.0. The summed E-state index contributed by atoms with van der Waals surface area (Å²) in [6.07, 6.45) is 3.29. The average molecular weight is 203 g/mol. The summed E-state index contributed by atoms with van der Waals surface area (Å²) in [6.45, 7) is 2.81. The number of urea groups is 1. The van der Waals surface area contributed by atoms with Gasteiger partial charge in [-0.2, -0.15) is 0 Å². The van der Waals surface area contributed by atoms with E-state index in [9.17, 15) is 4.79 Å². The Morgan fingerprint density at radius 3 is 2.67 bits per heavy atom. The number of amides is 2. The zero-order valence-corrected chi connectivity index (χ0v) is 8.65. The average Bonchev–Trinajstić information content (AvgIpc) is 2.31. The van der Waals surface area contributed by atoms with E-state index in [1.165, 1.54) is 6.42 Å². The first-order valence-electron chi connectivity index (χ1n) is 5.32. The molecule has 1 radical (unpaired) electrons. The highest BCUT2D eigenvalue weighted by Crippen LogP contribution is 2.14. The first-order chi connectivity index (χ1) is 7.36. The van der Waals surface area contributed by atoms with Gasteiger partial charge in [0.15, 0.2) is 0 Å². The molecule has 1 saturated heterocycles. The molecule has 1 aromatic rings. The molecular formula is C12H15N2O. The molecule has 0 atom stereocenters. The molecule has 0 aliphatic carbocycles. The molecule has 0 aromatic heterocycles. The molecule has 0 spiro atoms. The van der Waals surface area contributed by atoms with Crippen LogP contribution in [0.25, 0.3) is 0 Å². The van der Waals surface area contributed by atoms with Gasteiger partial charge in [-0.1, -0.05) is 18.2 Å². The van der Waals surface area contributed by atoms with Crippen molar-refractivity contribution in [3.05, 3.63) is 36.9 Å². The number of hydrogen-bond donors (Lipinski definition) is 1. The van der Waals surface area contributed by atoms with Crippen LogP contribution in [0.15, 0.2) is 30.3 Å². The normalized spacial score (nSPS) is 16.1. The van der Waals surface area contributed by atoms with Crippen LogP contribution >= 0.6 is 0 Å². The third-order valence-electron chi connectivity index (χ3n) is 2.49. The lowest BCUT2D eigenvalue weighted by Gasteiger charge is -2.26. The summed E-state index contributed by atoms with van der Waals surface area (Å²) in [6, 6.07) is 9.51. The zero-order valence-electron chi connectivity index (χ0n) is 8.65. The summed E-state index contributed by atoms with van der Waals surface area (Å²) in [5, 5.41) is 2.87. The molecule has 1 aromatic carbocycles. The van der Waals surface area contributed by atoms with Crippen LogP contribution in [-0.2, 0) is 0 Å². The second-order valence-electron chi connectivity index (χ2n) is 3.67. The highest BCUT2D eigenvalue weighted by atomic mass is 16.2. The SMILES string of the molecule is O=C(Nc1ccccc1)N1[CH]CCCC1. The maximum atomic E-state index is 11.8. The number of nitrogens with zero attached hydrogens (tertiary/aromatic N) is 1. The number of piperidine rings is 1. The number of rotatable bonds is 1. The summed E-state index contributed by atoms with van der Waals surface area (Å²) in [4.78, 5) is 13.5. The van der Waals surface area contributed by atoms with Crippen molar-refractivity contribution in [3.63, 3.8) is 0 Å². The fourth-order valence-corrected chi connectivity index (χ4v) is 1.67. The van der Waals surface area contributed by atoms with Crippen LogP contribution < -0.4 is 5.32 Å². The molecule has 0 bridgehead atoms. The number of benzene rings is 1. The van der Waals surface area contributed by atoms with Gasteiger partial charge < -0.3 is 10.2 Å². The van der Waals surface area contributed by atoms with Crippen LogP contribution in [-0.4, -0.2) is 17.5 Å². The second kappa shape index (κ2) is 4.82. The predicted octanol–water partition coefficient (Wildman–Crippen LogP) is 2.87. The molecule has 1 fully saturated rings. The van der Waals surface area contributed by atoms with Crippen molar-refractivity contribution < 1.29 is 4.79 Å². The monoisotopic (exact) mass is 203 g/mol. The fraction of sp³-hybridized carbons (Fsp3) is 0.333. The van der Waals surface area contributed by atoms with Crippen LogP contribution in [0.2, 0.25) is 0 Å². The number of anilines is 1. The molecule has 3 heteroatoms. The van der Waals surface area contributed by atoms with E-state index in [-0.39, 0.29) is 6.03 Å². The van der Waals surface area contributed by atoms with E-state index in [0.717, 1.165) is 25.1 Å². The van der Waals surface area contributed by atoms with Crippen LogP contribution in [0.3, 0.4) is 0 Å². The summed E-state index contributed by atoms with van der Waals surface area (Å²) < 4.78 is 0. The Morgan fingerprint density at radius 2 is 2.00 bits per heavy atom. The van der Waals surface area contributed by atoms with Gasteiger partial charge >= 0.3 is 6.03 Å². The van der Waals surface area contributed by atoms with E-state index in [0.29, 0.717) is 0 Å². The van der Waals surface area contributed by atoms with E-state index >= 15 is 0 Å². The van der Waals surface area contributed by atoms with E-state index in [2.05, 4.69) is 5.32 Å². The number of hydrogen-bond acceptors (Lipinski definition) is 1. The number of carbonyl (C=O) groups is 1. The molecule has 0 saturated carbocycles. The van der Waals surface area contributed by atoms with E-state index in [1.54, 1.807) is 4.90 Å². The number of nitrogens with one attached hydrogen (secondary N) is 1. The topological polar surface area (TPSA) is 32.3 Å². The zero-order chi connectivity index (χ0) is 10.5. The van der Waals surface area contributed by atoms with Gasteiger partial charge in [0.25, 0.3) is 0 Å². The second-order valence-corrected chi connectivity index (χ2v) is 3.67. The van der Waals surface area contributed by atoms with Gasteiger partial charge in [0.2, 0.25) is 0 Å². The quantitative estimate of drug-likeness (QED) is 0.747. The Hall–Kier alpha value is -1.51. The summed E-state index contributed by atoms with van der Waals surface area (Å²) in [5.74, 6) is 0. The Labute approximate surface area is 90.1 Å². The van der Waals surface area contributed by atoms with Gasteiger partial charge in [0, 0.05) is 12.2 Å². The lowest BCUT2D eigenvalue weighted by atomic mass is 10.1. The van der Waals surface area contributed by atoms with E-state index in [1.807, 2.05) is 36.9 Å². The molecule has 2 rings (SSSR count). The minimum absolute atomic E-state index is 0.0269. The number of carbonyl (C=O) groups excluding carboxylic acids is 1. The van der Waals surface area contributed by atoms with Gasteiger partial charge in [-0.25, -0.2) is 4.79 Å². The Morgan fingerprint density at radius 1 is 1.20 bits per heavy atom. The largest absolute Gasteiger partial charge is 0.322 e. The maximum absolute atomic E-state index is 11.8. The van der Waals surface area contributed by atoms with Crippen LogP contribution in [0, 0.1) is 6.54 Å². The summed E-state index contributed by atoms with van der Waals surface area (Å²) in [5.41, 5.74) is 0.849. The van der Waals surface area contributed by atoms with Crippen molar-refractivity contribution in [1.82, 2.24) is 4.90 Å². The first-order valence-corrected chi connectivity index (χ1v) is 5.32. The number of para-hydroxylation sites is 1. The van der Waals surface area contributed by atoms with Crippen molar-refractivity contribution in [2.45, 2.75) is 19.3 Å². The molecule has 3 nitrogen and oxygen atoms in total. The Bertz CT molecular complexity index is 318. The van der Waals surface area contributed by atoms with E-state index in [4.69, 9.17) is 0 Å². The molecule has 1 N–H and O–H groups in total. The Balaban J connectivity index is 1.91. The molecule has 2 amide bonds. The lowest BCUT2D eigenvalue weighted by Crippen LogP contribution is -2.35. The highest BCUT2D eigenvalue weighted by Gasteiger charge is 2.16. The molecule has 1 heterocycles. The molecular weight excluding hydrogens is 188 g/mol. The van der Waals surface area contributed by atoms with Gasteiger partial charge in [-0.15, -0.1) is 0 Å². The van der Waals surface area contributed by atoms with Crippen molar-refractivity contribution in [1.29, 1.82) is 0 Å². The number of likely N-dealkylation sites (tertiary alicyclic amines) is 1. The van der Waals surface area contributed by atoms with E-state index < -0.39 is 0 Å². The van der Waals surface area contributed by atoms with Gasteiger partial charge in [-0.3, -0.25) is 0 Å². The van der Waals surface area contributed by atoms with Crippen molar-refractivity contribution in [3.8, 4) is 0 Å². The molecule has 0 unspecified atom stereocenters. The Kier molecular flexibility index (Phi) is 3.22. The molecule has 1 aliphatic heterocycles. The lowest BCUT2D eigenvalue weighted by molar-refractivity contribution is 0.214. The fourth-order valence-electron chi connectivity index (χ4n) is 1.67. The minimum Gasteiger partial charge on any atom is -0.319 e. The molecule has 15 heavy (non-hydrogen) atoms. The molecule has 79 valence electrons. The summed E-state index contributed by atoms with van der Waals surface area (Å²) in [7, 11) is 0. The predicted molar refractivity (Wildman–Crippen MR) is 60.3 cm³/mol. The van der Waals surface area contributed by atoms with Crippen LogP contribution in [0.1, 0.15) is 19.3 Å². The van der Waals surface area contributed by atoms with Gasteiger partial charge in [-0.05, 0) is 31.4 Å². The van der Waals surface area contributed by atoms with Crippen LogP contribution in [0.4, 0.5) is 10.5 Å². The molecule has 1 aliphatic rings. The maximum Gasteiger partial charge on any atom is 0.322 e. The van der Waals surface area contributed by atoms with Crippen molar-refractivity contribution in [2.24, 2.45) is 0 Å². The van der Waals surface area contributed by atoms with Crippen molar-refractivity contribution >= 4 is 11.7 Å². The van der Waals surface area contributed by atoms with Gasteiger partial charge in [0.1, 0.15) is 0 Å². The minimum atomic E-state index is -0.0269. The van der Waals surface area contributed by atoms with Crippen molar-refractivity contribution in [2.75, 3.05) is 11.9 Å². The standard InChI is InChI=1S/C12H15N2O/c15-12(14-9-5-2-6-10-14)13-11-7-3-1-4-8-11/h1,3-4,7-9H,2,5-6,10H2,(H,13,15). The smallest absolute Gasteiger partial charge is 0.319 e. The highest BCUT2D eigenvalue weighted by molar-refractivity contribution is 5.89. The van der Waals surface area contributed by atoms with Gasteiger partial charge in [0.05, 0.1) is 6.54 Å². The summed E-state index contributed by atoms with van der Waals surface area (Å²) >= 11 is 0. The third kappa shape index (κ3) is 2.72. The third-order valence-corrected chi connectivity index (χ3v) is 2.49. The van der Waals surface area contributed by atoms with Crippen LogP contribution in [0.5, 0.6) is 0 Å².